The molecule has 3 aromatic rings. The van der Waals surface area contributed by atoms with E-state index in [1.165, 1.54) is 7.11 Å². The lowest BCUT2D eigenvalue weighted by molar-refractivity contribution is -0.124. The molecule has 8 nitrogen and oxygen atoms in total. The number of rotatable bonds is 7. The van der Waals surface area contributed by atoms with Crippen LogP contribution in [0.5, 0.6) is 0 Å². The predicted molar refractivity (Wildman–Crippen MR) is 104 cm³/mol. The first-order chi connectivity index (χ1) is 14.1. The van der Waals surface area contributed by atoms with E-state index in [0.29, 0.717) is 11.3 Å². The molecule has 0 aliphatic rings. The van der Waals surface area contributed by atoms with Gasteiger partial charge >= 0.3 is 11.9 Å². The molecular weight excluding hydrogens is 374 g/mol. The fraction of sp³-hybridized carbons (Fsp3) is 0.143. The summed E-state index contributed by atoms with van der Waals surface area (Å²) in [6.45, 7) is -0.182. The fourth-order valence-electron chi connectivity index (χ4n) is 2.52. The number of hydrogen-bond donors (Lipinski definition) is 2. The van der Waals surface area contributed by atoms with Crippen molar-refractivity contribution in [3.63, 3.8) is 0 Å². The van der Waals surface area contributed by atoms with Crippen molar-refractivity contribution in [3.05, 3.63) is 77.5 Å². The molecule has 0 fully saturated rings. The van der Waals surface area contributed by atoms with Gasteiger partial charge in [-0.3, -0.25) is 9.89 Å². The summed E-state index contributed by atoms with van der Waals surface area (Å²) in [7, 11) is 1.31. The molecule has 1 aromatic heterocycles. The van der Waals surface area contributed by atoms with Crippen LogP contribution in [0.4, 0.5) is 0 Å². The van der Waals surface area contributed by atoms with E-state index in [9.17, 15) is 14.4 Å². The Bertz CT molecular complexity index is 997. The fourth-order valence-corrected chi connectivity index (χ4v) is 2.52. The Hall–Kier alpha value is -3.94. The molecule has 2 aromatic carbocycles. The summed E-state index contributed by atoms with van der Waals surface area (Å²) in [5, 5.41) is 9.33. The van der Waals surface area contributed by atoms with Gasteiger partial charge in [0.1, 0.15) is 5.69 Å². The number of hydrogen-bond acceptors (Lipinski definition) is 6. The topological polar surface area (TPSA) is 110 Å². The summed E-state index contributed by atoms with van der Waals surface area (Å²) in [5.74, 6) is -1.54. The van der Waals surface area contributed by atoms with Gasteiger partial charge in [0.15, 0.2) is 6.61 Å². The van der Waals surface area contributed by atoms with Crippen molar-refractivity contribution in [2.24, 2.45) is 0 Å². The number of amides is 1. The van der Waals surface area contributed by atoms with Gasteiger partial charge in [-0.15, -0.1) is 0 Å². The molecule has 1 amide bonds. The van der Waals surface area contributed by atoms with Crippen LogP contribution in [0.2, 0.25) is 0 Å². The molecule has 0 aliphatic heterocycles. The molecule has 0 atom stereocenters. The van der Waals surface area contributed by atoms with Gasteiger partial charge < -0.3 is 14.8 Å². The van der Waals surface area contributed by atoms with Crippen LogP contribution in [0, 0.1) is 0 Å². The number of nitrogens with one attached hydrogen (secondary N) is 2. The molecule has 3 rings (SSSR count). The second-order valence-electron chi connectivity index (χ2n) is 6.07. The Labute approximate surface area is 166 Å². The van der Waals surface area contributed by atoms with Crippen molar-refractivity contribution in [1.82, 2.24) is 15.5 Å². The summed E-state index contributed by atoms with van der Waals surface area (Å²) >= 11 is 0. The van der Waals surface area contributed by atoms with Crippen LogP contribution in [0.1, 0.15) is 26.4 Å². The number of ether oxygens (including phenoxy) is 2. The van der Waals surface area contributed by atoms with Crippen LogP contribution in [0.15, 0.2) is 60.7 Å². The van der Waals surface area contributed by atoms with Gasteiger partial charge in [0.05, 0.1) is 18.4 Å². The van der Waals surface area contributed by atoms with Gasteiger partial charge in [-0.2, -0.15) is 5.10 Å². The zero-order valence-corrected chi connectivity index (χ0v) is 15.7. The van der Waals surface area contributed by atoms with Gasteiger partial charge in [0.25, 0.3) is 5.91 Å². The average molecular weight is 393 g/mol. The second-order valence-corrected chi connectivity index (χ2v) is 6.07. The summed E-state index contributed by atoms with van der Waals surface area (Å²) in [6.07, 6.45) is 0. The number of aromatic amines is 1. The third kappa shape index (κ3) is 5.29. The molecule has 0 bridgehead atoms. The molecule has 0 unspecified atom stereocenters. The van der Waals surface area contributed by atoms with E-state index in [4.69, 9.17) is 4.74 Å². The lowest BCUT2D eigenvalue weighted by Crippen LogP contribution is -2.28. The number of methoxy groups -OCH3 is 1. The summed E-state index contributed by atoms with van der Waals surface area (Å²) < 4.78 is 9.64. The standard InChI is InChI=1S/C21H19N3O5/c1-28-20(26)16-9-7-14(8-10-16)12-22-19(25)13-29-21(27)18-11-17(23-24-18)15-5-3-2-4-6-15/h2-11H,12-13H2,1H3,(H,22,25)(H,23,24). The Kier molecular flexibility index (Phi) is 6.36. The largest absolute Gasteiger partial charge is 0.465 e. The molecule has 2 N–H and O–H groups in total. The molecule has 0 saturated heterocycles. The zero-order valence-electron chi connectivity index (χ0n) is 15.7. The Morgan fingerprint density at radius 2 is 1.72 bits per heavy atom. The van der Waals surface area contributed by atoms with Crippen molar-refractivity contribution in [3.8, 4) is 11.3 Å². The number of benzene rings is 2. The van der Waals surface area contributed by atoms with Gasteiger partial charge in [-0.25, -0.2) is 9.59 Å². The summed E-state index contributed by atoms with van der Waals surface area (Å²) in [6, 6.07) is 17.6. The Morgan fingerprint density at radius 1 is 1.00 bits per heavy atom. The van der Waals surface area contributed by atoms with Crippen LogP contribution in [-0.4, -0.2) is 41.8 Å². The van der Waals surface area contributed by atoms with E-state index in [0.717, 1.165) is 11.1 Å². The molecule has 0 saturated carbocycles. The highest BCUT2D eigenvalue weighted by molar-refractivity contribution is 5.91. The number of carbonyl (C=O) groups is 3. The maximum Gasteiger partial charge on any atom is 0.356 e. The third-order valence-corrected chi connectivity index (χ3v) is 4.07. The second kappa shape index (κ2) is 9.32. The lowest BCUT2D eigenvalue weighted by Gasteiger charge is -2.06. The maximum atomic E-state index is 12.1. The van der Waals surface area contributed by atoms with Crippen molar-refractivity contribution >= 4 is 17.8 Å². The molecule has 0 aliphatic carbocycles. The zero-order chi connectivity index (χ0) is 20.6. The predicted octanol–water partition coefficient (Wildman–Crippen LogP) is 2.34. The Morgan fingerprint density at radius 3 is 2.41 bits per heavy atom. The highest BCUT2D eigenvalue weighted by atomic mass is 16.5. The number of H-pyrrole nitrogens is 1. The molecule has 1 heterocycles. The normalized spacial score (nSPS) is 10.2. The van der Waals surface area contributed by atoms with Crippen molar-refractivity contribution in [1.29, 1.82) is 0 Å². The number of nitrogens with zero attached hydrogens (tertiary/aromatic N) is 1. The molecule has 29 heavy (non-hydrogen) atoms. The lowest BCUT2D eigenvalue weighted by atomic mass is 10.1. The van der Waals surface area contributed by atoms with Gasteiger partial charge in [0, 0.05) is 12.1 Å². The minimum atomic E-state index is -0.669. The van der Waals surface area contributed by atoms with E-state index >= 15 is 0 Å². The van der Waals surface area contributed by atoms with E-state index in [2.05, 4.69) is 20.3 Å². The molecule has 0 radical (unpaired) electrons. The molecule has 0 spiro atoms. The van der Waals surface area contributed by atoms with Crippen molar-refractivity contribution in [2.75, 3.05) is 13.7 Å². The van der Waals surface area contributed by atoms with Crippen LogP contribution in [-0.2, 0) is 20.8 Å². The maximum absolute atomic E-state index is 12.1. The van der Waals surface area contributed by atoms with Gasteiger partial charge in [0.2, 0.25) is 0 Å². The molecular formula is C21H19N3O5. The summed E-state index contributed by atoms with van der Waals surface area (Å²) in [5.41, 5.74) is 2.84. The van der Waals surface area contributed by atoms with E-state index in [1.54, 1.807) is 30.3 Å². The number of aromatic nitrogens is 2. The van der Waals surface area contributed by atoms with E-state index < -0.39 is 24.5 Å². The van der Waals surface area contributed by atoms with Crippen LogP contribution >= 0.6 is 0 Å². The van der Waals surface area contributed by atoms with E-state index in [1.807, 2.05) is 30.3 Å². The van der Waals surface area contributed by atoms with Crippen molar-refractivity contribution in [2.45, 2.75) is 6.54 Å². The number of carbonyl (C=O) groups excluding carboxylic acids is 3. The average Bonchev–Trinajstić information content (AvgIpc) is 3.27. The highest BCUT2D eigenvalue weighted by Crippen LogP contribution is 2.17. The van der Waals surface area contributed by atoms with Gasteiger partial charge in [-0.1, -0.05) is 42.5 Å². The highest BCUT2D eigenvalue weighted by Gasteiger charge is 2.14. The van der Waals surface area contributed by atoms with Crippen molar-refractivity contribution < 1.29 is 23.9 Å². The molecule has 148 valence electrons. The quantitative estimate of drug-likeness (QED) is 0.596. The minimum Gasteiger partial charge on any atom is -0.465 e. The summed E-state index contributed by atoms with van der Waals surface area (Å²) in [4.78, 5) is 35.4. The first-order valence-electron chi connectivity index (χ1n) is 8.78. The molecule has 8 heteroatoms. The monoisotopic (exact) mass is 393 g/mol. The first-order valence-corrected chi connectivity index (χ1v) is 8.78. The first kappa shape index (κ1) is 19.8. The SMILES string of the molecule is COC(=O)c1ccc(CNC(=O)COC(=O)c2cc(-c3ccccc3)n[nH]2)cc1. The minimum absolute atomic E-state index is 0.162. The number of esters is 2. The Balaban J connectivity index is 1.46. The smallest absolute Gasteiger partial charge is 0.356 e. The third-order valence-electron chi connectivity index (χ3n) is 4.07. The van der Waals surface area contributed by atoms with Crippen LogP contribution in [0.3, 0.4) is 0 Å². The van der Waals surface area contributed by atoms with Crippen LogP contribution < -0.4 is 5.32 Å². The van der Waals surface area contributed by atoms with Gasteiger partial charge in [-0.05, 0) is 23.8 Å². The van der Waals surface area contributed by atoms with E-state index in [-0.39, 0.29) is 12.2 Å². The van der Waals surface area contributed by atoms with Crippen LogP contribution in [0.25, 0.3) is 11.3 Å².